The monoisotopic (exact) mass is 209 g/mol. The van der Waals surface area contributed by atoms with Crippen LogP contribution in [0.15, 0.2) is 18.2 Å². The quantitative estimate of drug-likeness (QED) is 0.822. The zero-order valence-electron chi connectivity index (χ0n) is 11.0. The zero-order valence-corrected chi connectivity index (χ0v) is 9.04. The Morgan fingerprint density at radius 1 is 1.47 bits per heavy atom. The van der Waals surface area contributed by atoms with Gasteiger partial charge in [0, 0.05) is 6.04 Å². The van der Waals surface area contributed by atoms with E-state index in [0.29, 0.717) is 17.5 Å². The normalized spacial score (nSPS) is 20.7. The second-order valence-corrected chi connectivity index (χ2v) is 3.73. The summed E-state index contributed by atoms with van der Waals surface area (Å²) in [5, 5.41) is 3.33. The van der Waals surface area contributed by atoms with Gasteiger partial charge in [0.1, 0.15) is 2.74 Å². The highest BCUT2D eigenvalue weighted by Crippen LogP contribution is 2.32. The van der Waals surface area contributed by atoms with Crippen LogP contribution >= 0.6 is 0 Å². The largest absolute Gasteiger partial charge is 0.454 e. The van der Waals surface area contributed by atoms with Crippen LogP contribution in [0.4, 0.5) is 0 Å². The van der Waals surface area contributed by atoms with Crippen molar-refractivity contribution in [3.63, 3.8) is 0 Å². The number of likely N-dealkylation sites (N-methyl/N-ethyl adjacent to an activating group) is 1. The minimum atomic E-state index is -2.03. The van der Waals surface area contributed by atoms with E-state index in [1.54, 1.807) is 6.07 Å². The Morgan fingerprint density at radius 2 is 2.27 bits per heavy atom. The van der Waals surface area contributed by atoms with E-state index in [1.807, 2.05) is 12.1 Å². The van der Waals surface area contributed by atoms with Crippen LogP contribution in [-0.4, -0.2) is 19.3 Å². The third-order valence-corrected chi connectivity index (χ3v) is 2.41. The van der Waals surface area contributed by atoms with E-state index in [1.165, 1.54) is 0 Å². The van der Waals surface area contributed by atoms with Crippen molar-refractivity contribution in [2.45, 2.75) is 26.3 Å². The molecule has 1 heterocycles. The van der Waals surface area contributed by atoms with Crippen molar-refractivity contribution in [1.82, 2.24) is 5.32 Å². The number of benzene rings is 1. The molecule has 1 aromatic carbocycles. The zero-order chi connectivity index (χ0) is 12.5. The van der Waals surface area contributed by atoms with Crippen LogP contribution in [0.5, 0.6) is 11.5 Å². The van der Waals surface area contributed by atoms with E-state index in [4.69, 9.17) is 12.2 Å². The predicted molar refractivity (Wildman–Crippen MR) is 59.4 cm³/mol. The van der Waals surface area contributed by atoms with E-state index in [2.05, 4.69) is 19.2 Å². The molecular weight excluding hydrogens is 190 g/mol. The van der Waals surface area contributed by atoms with Crippen molar-refractivity contribution in [2.75, 3.05) is 13.3 Å². The molecular formula is C12H17NO2. The van der Waals surface area contributed by atoms with Gasteiger partial charge in [-0.2, -0.15) is 0 Å². The second-order valence-electron chi connectivity index (χ2n) is 3.73. The fraction of sp³-hybridized carbons (Fsp3) is 0.500. The Morgan fingerprint density at radius 3 is 3.07 bits per heavy atom. The maximum atomic E-state index is 7.36. The summed E-state index contributed by atoms with van der Waals surface area (Å²) in [4.78, 5) is 0. The molecule has 1 aliphatic heterocycles. The standard InChI is InChI=1S/C12H17NO2/c1-3-13-9(2)6-10-4-5-11-12(7-10)15-8-14-11/h4-5,7,9,13H,3,6,8H2,1-2H3/t9-/m0/s1/i8D2. The van der Waals surface area contributed by atoms with Crippen LogP contribution in [0.1, 0.15) is 22.2 Å². The first-order chi connectivity index (χ1) is 8.00. The van der Waals surface area contributed by atoms with Crippen molar-refractivity contribution in [3.8, 4) is 11.5 Å². The molecule has 0 fully saturated rings. The molecule has 0 saturated carbocycles. The summed E-state index contributed by atoms with van der Waals surface area (Å²) in [6.07, 6.45) is 0.882. The minimum absolute atomic E-state index is 0.386. The van der Waals surface area contributed by atoms with Gasteiger partial charge < -0.3 is 14.8 Å². The summed E-state index contributed by atoms with van der Waals surface area (Å²) in [5.41, 5.74) is 1.11. The summed E-state index contributed by atoms with van der Waals surface area (Å²) in [6, 6.07) is 5.93. The van der Waals surface area contributed by atoms with Crippen LogP contribution in [-0.2, 0) is 6.42 Å². The average Bonchev–Trinajstić information content (AvgIpc) is 2.51. The number of rotatable bonds is 4. The lowest BCUT2D eigenvalue weighted by Crippen LogP contribution is -2.27. The molecule has 0 saturated heterocycles. The van der Waals surface area contributed by atoms with Gasteiger partial charge in [-0.15, -0.1) is 0 Å². The number of hydrogen-bond donors (Lipinski definition) is 1. The lowest BCUT2D eigenvalue weighted by Gasteiger charge is -2.12. The molecule has 82 valence electrons. The average molecular weight is 209 g/mol. The van der Waals surface area contributed by atoms with Gasteiger partial charge in [-0.3, -0.25) is 0 Å². The molecule has 0 unspecified atom stereocenters. The molecule has 1 aromatic rings. The molecule has 0 amide bonds. The van der Waals surface area contributed by atoms with E-state index >= 15 is 0 Å². The Balaban J connectivity index is 2.08. The number of hydrogen-bond acceptors (Lipinski definition) is 3. The number of fused-ring (bicyclic) bond motifs is 1. The summed E-state index contributed by atoms with van der Waals surface area (Å²) in [6.45, 7) is 3.10. The highest BCUT2D eigenvalue weighted by molar-refractivity contribution is 5.44. The molecule has 3 heteroatoms. The van der Waals surface area contributed by atoms with Gasteiger partial charge in [0.25, 0.3) is 0 Å². The number of ether oxygens (including phenoxy) is 2. The van der Waals surface area contributed by atoms with E-state index in [0.717, 1.165) is 18.5 Å². The highest BCUT2D eigenvalue weighted by atomic mass is 16.7. The summed E-state index contributed by atoms with van der Waals surface area (Å²) >= 11 is 0. The van der Waals surface area contributed by atoms with Gasteiger partial charge in [0.05, 0.1) is 0 Å². The van der Waals surface area contributed by atoms with Crippen LogP contribution in [0.25, 0.3) is 0 Å². The molecule has 0 aromatic heterocycles. The Labute approximate surface area is 93.2 Å². The smallest absolute Gasteiger partial charge is 0.231 e. The maximum absolute atomic E-state index is 7.36. The van der Waals surface area contributed by atoms with Crippen LogP contribution in [0.3, 0.4) is 0 Å². The molecule has 2 rings (SSSR count). The van der Waals surface area contributed by atoms with Crippen molar-refractivity contribution in [2.24, 2.45) is 0 Å². The topological polar surface area (TPSA) is 30.5 Å². The first kappa shape index (κ1) is 7.99. The van der Waals surface area contributed by atoms with Gasteiger partial charge >= 0.3 is 0 Å². The summed E-state index contributed by atoms with van der Waals surface area (Å²) < 4.78 is 24.8. The first-order valence-electron chi connectivity index (χ1n) is 6.24. The van der Waals surface area contributed by atoms with Gasteiger partial charge in [-0.05, 0) is 37.6 Å². The second kappa shape index (κ2) is 4.53. The first-order valence-corrected chi connectivity index (χ1v) is 5.24. The molecule has 0 spiro atoms. The van der Waals surface area contributed by atoms with Gasteiger partial charge in [0.15, 0.2) is 11.5 Å². The third kappa shape index (κ3) is 2.42. The fourth-order valence-electron chi connectivity index (χ4n) is 1.73. The predicted octanol–water partition coefficient (Wildman–Crippen LogP) is 1.96. The van der Waals surface area contributed by atoms with Crippen LogP contribution in [0, 0.1) is 0 Å². The molecule has 0 aliphatic carbocycles. The van der Waals surface area contributed by atoms with E-state index in [-0.39, 0.29) is 0 Å². The van der Waals surface area contributed by atoms with E-state index in [9.17, 15) is 0 Å². The van der Waals surface area contributed by atoms with Gasteiger partial charge in [-0.25, -0.2) is 0 Å². The lowest BCUT2D eigenvalue weighted by molar-refractivity contribution is 0.174. The van der Waals surface area contributed by atoms with Crippen LogP contribution < -0.4 is 14.8 Å². The van der Waals surface area contributed by atoms with Crippen molar-refractivity contribution in [3.05, 3.63) is 23.8 Å². The molecule has 1 aliphatic rings. The van der Waals surface area contributed by atoms with Crippen molar-refractivity contribution in [1.29, 1.82) is 0 Å². The molecule has 0 bridgehead atoms. The lowest BCUT2D eigenvalue weighted by atomic mass is 10.1. The third-order valence-electron chi connectivity index (χ3n) is 2.41. The van der Waals surface area contributed by atoms with Gasteiger partial charge in [0.2, 0.25) is 6.75 Å². The fourth-order valence-corrected chi connectivity index (χ4v) is 1.73. The Hall–Kier alpha value is -1.22. The van der Waals surface area contributed by atoms with Crippen LogP contribution in [0.2, 0.25) is 0 Å². The SMILES string of the molecule is [2H]C1([2H])Oc2ccc(C[C@H](C)NCC)cc2O1. The van der Waals surface area contributed by atoms with E-state index < -0.39 is 6.75 Å². The summed E-state index contributed by atoms with van der Waals surface area (Å²) in [7, 11) is 0. The molecule has 1 atom stereocenters. The number of nitrogens with one attached hydrogen (secondary N) is 1. The highest BCUT2D eigenvalue weighted by Gasteiger charge is 2.13. The molecule has 0 radical (unpaired) electrons. The summed E-state index contributed by atoms with van der Waals surface area (Å²) in [5.74, 6) is 0.950. The Bertz CT molecular complexity index is 409. The molecule has 1 N–H and O–H groups in total. The maximum Gasteiger partial charge on any atom is 0.231 e. The Kier molecular flexibility index (Phi) is 2.42. The molecule has 15 heavy (non-hydrogen) atoms. The molecule has 3 nitrogen and oxygen atoms in total. The minimum Gasteiger partial charge on any atom is -0.454 e. The van der Waals surface area contributed by atoms with Crippen molar-refractivity contribution >= 4 is 0 Å². The van der Waals surface area contributed by atoms with Gasteiger partial charge in [-0.1, -0.05) is 13.0 Å². The van der Waals surface area contributed by atoms with Crippen molar-refractivity contribution < 1.29 is 12.2 Å².